The lowest BCUT2D eigenvalue weighted by molar-refractivity contribution is -0.108. The lowest BCUT2D eigenvalue weighted by Crippen LogP contribution is -2.27. The van der Waals surface area contributed by atoms with Crippen LogP contribution in [0.2, 0.25) is 0 Å². The Bertz CT molecular complexity index is 761. The zero-order chi connectivity index (χ0) is 15.9. The number of likely N-dealkylation sites (N-methyl/N-ethyl adjacent to an activating group) is 1. The molecule has 1 aromatic heterocycles. The highest BCUT2D eigenvalue weighted by molar-refractivity contribution is 6.05. The Morgan fingerprint density at radius 2 is 2.18 bits per heavy atom. The zero-order valence-corrected chi connectivity index (χ0v) is 12.9. The fourth-order valence-corrected chi connectivity index (χ4v) is 3.48. The van der Waals surface area contributed by atoms with Crippen molar-refractivity contribution in [3.63, 3.8) is 0 Å². The molecule has 0 saturated carbocycles. The molecule has 0 bridgehead atoms. The van der Waals surface area contributed by atoms with Crippen molar-refractivity contribution in [2.45, 2.75) is 32.9 Å². The fraction of sp³-hybridized carbons (Fsp3) is 0.412. The smallest absolute Gasteiger partial charge is 0.338 e. The molecule has 0 aliphatic carbocycles. The van der Waals surface area contributed by atoms with Crippen molar-refractivity contribution in [2.24, 2.45) is 0 Å². The third-order valence-electron chi connectivity index (χ3n) is 4.50. The van der Waals surface area contributed by atoms with E-state index in [9.17, 15) is 14.7 Å². The number of carboxylic acid groups (broad SMARTS) is 1. The molecule has 5 nitrogen and oxygen atoms in total. The minimum Gasteiger partial charge on any atom is -0.478 e. The normalized spacial score (nSPS) is 15.0. The van der Waals surface area contributed by atoms with Crippen LogP contribution in [-0.2, 0) is 24.3 Å². The molecule has 0 fully saturated rings. The van der Waals surface area contributed by atoms with Crippen molar-refractivity contribution in [3.8, 4) is 0 Å². The maximum atomic E-state index is 11.7. The number of hydrogen-bond acceptors (Lipinski definition) is 3. The van der Waals surface area contributed by atoms with Gasteiger partial charge in [0.1, 0.15) is 6.29 Å². The minimum atomic E-state index is -0.904. The van der Waals surface area contributed by atoms with Crippen molar-refractivity contribution in [2.75, 3.05) is 13.6 Å². The van der Waals surface area contributed by atoms with Crippen LogP contribution in [0.3, 0.4) is 0 Å². The summed E-state index contributed by atoms with van der Waals surface area (Å²) in [5, 5.41) is 10.6. The van der Waals surface area contributed by atoms with E-state index in [1.807, 2.05) is 19.1 Å². The molecular weight excluding hydrogens is 280 g/mol. The molecule has 1 aromatic carbocycles. The van der Waals surface area contributed by atoms with Crippen LogP contribution in [0.5, 0.6) is 0 Å². The van der Waals surface area contributed by atoms with Crippen LogP contribution >= 0.6 is 0 Å². The topological polar surface area (TPSA) is 62.5 Å². The number of aromatic carboxylic acids is 1. The molecule has 0 atom stereocenters. The summed E-state index contributed by atoms with van der Waals surface area (Å²) < 4.78 is 2.06. The summed E-state index contributed by atoms with van der Waals surface area (Å²) in [6.07, 6.45) is 2.18. The Morgan fingerprint density at radius 3 is 2.86 bits per heavy atom. The van der Waals surface area contributed by atoms with Gasteiger partial charge in [0.2, 0.25) is 0 Å². The second kappa shape index (κ2) is 5.57. The molecule has 1 aliphatic heterocycles. The summed E-state index contributed by atoms with van der Waals surface area (Å²) in [5.74, 6) is -0.904. The number of aldehydes is 1. The molecule has 5 heteroatoms. The average molecular weight is 300 g/mol. The Labute approximate surface area is 129 Å². The summed E-state index contributed by atoms with van der Waals surface area (Å²) in [7, 11) is 2.07. The lowest BCUT2D eigenvalue weighted by Gasteiger charge is -2.24. The van der Waals surface area contributed by atoms with Gasteiger partial charge in [-0.2, -0.15) is 0 Å². The molecule has 2 heterocycles. The van der Waals surface area contributed by atoms with Gasteiger partial charge in [0, 0.05) is 43.6 Å². The SMILES string of the molecule is Cc1ccc2c3c(n(CCC=O)c2c1C(=O)O)CCN(C)C3. The molecule has 3 rings (SSSR count). The molecule has 22 heavy (non-hydrogen) atoms. The maximum absolute atomic E-state index is 11.7. The Kier molecular flexibility index (Phi) is 3.74. The van der Waals surface area contributed by atoms with E-state index in [1.165, 1.54) is 11.3 Å². The highest BCUT2D eigenvalue weighted by Gasteiger charge is 2.26. The molecule has 116 valence electrons. The first-order chi connectivity index (χ1) is 10.5. The quantitative estimate of drug-likeness (QED) is 0.880. The van der Waals surface area contributed by atoms with Crippen molar-refractivity contribution < 1.29 is 14.7 Å². The highest BCUT2D eigenvalue weighted by atomic mass is 16.4. The van der Waals surface area contributed by atoms with Crippen molar-refractivity contribution in [1.82, 2.24) is 9.47 Å². The molecule has 0 spiro atoms. The van der Waals surface area contributed by atoms with E-state index in [4.69, 9.17) is 0 Å². The van der Waals surface area contributed by atoms with Crippen molar-refractivity contribution >= 4 is 23.2 Å². The Balaban J connectivity index is 2.34. The molecule has 0 amide bonds. The van der Waals surface area contributed by atoms with Crippen molar-refractivity contribution in [3.05, 3.63) is 34.5 Å². The largest absolute Gasteiger partial charge is 0.478 e. The predicted molar refractivity (Wildman–Crippen MR) is 84.4 cm³/mol. The maximum Gasteiger partial charge on any atom is 0.338 e. The van der Waals surface area contributed by atoms with Gasteiger partial charge in [0.15, 0.2) is 0 Å². The molecule has 0 radical (unpaired) electrons. The van der Waals surface area contributed by atoms with Crippen LogP contribution in [0.15, 0.2) is 12.1 Å². The van der Waals surface area contributed by atoms with Crippen molar-refractivity contribution in [1.29, 1.82) is 0 Å². The second-order valence-corrected chi connectivity index (χ2v) is 5.98. The molecule has 0 unspecified atom stereocenters. The van der Waals surface area contributed by atoms with Gasteiger partial charge in [-0.15, -0.1) is 0 Å². The summed E-state index contributed by atoms with van der Waals surface area (Å²) in [4.78, 5) is 24.8. The average Bonchev–Trinajstić information content (AvgIpc) is 2.77. The number of aryl methyl sites for hydroxylation is 2. The third-order valence-corrected chi connectivity index (χ3v) is 4.50. The summed E-state index contributed by atoms with van der Waals surface area (Å²) in [6, 6.07) is 3.90. The summed E-state index contributed by atoms with van der Waals surface area (Å²) in [5.41, 5.74) is 4.28. The van der Waals surface area contributed by atoms with Gasteiger partial charge >= 0.3 is 5.97 Å². The van der Waals surface area contributed by atoms with Gasteiger partial charge in [-0.05, 0) is 25.1 Å². The van der Waals surface area contributed by atoms with Gasteiger partial charge in [-0.3, -0.25) is 0 Å². The molecule has 0 saturated heterocycles. The monoisotopic (exact) mass is 300 g/mol. The molecule has 2 aromatic rings. The van der Waals surface area contributed by atoms with Gasteiger partial charge in [-0.1, -0.05) is 12.1 Å². The van der Waals surface area contributed by atoms with E-state index in [2.05, 4.69) is 16.5 Å². The van der Waals surface area contributed by atoms with Gasteiger partial charge < -0.3 is 19.4 Å². The first-order valence-corrected chi connectivity index (χ1v) is 7.53. The van der Waals surface area contributed by atoms with E-state index in [-0.39, 0.29) is 0 Å². The minimum absolute atomic E-state index is 0.362. The van der Waals surface area contributed by atoms with Crippen LogP contribution < -0.4 is 0 Å². The van der Waals surface area contributed by atoms with Crippen LogP contribution in [0.25, 0.3) is 10.9 Å². The van der Waals surface area contributed by atoms with E-state index in [0.29, 0.717) is 18.5 Å². The zero-order valence-electron chi connectivity index (χ0n) is 12.9. The highest BCUT2D eigenvalue weighted by Crippen LogP contribution is 2.34. The number of carbonyl (C=O) groups is 2. The third kappa shape index (κ3) is 2.22. The van der Waals surface area contributed by atoms with Crippen LogP contribution in [0, 0.1) is 6.92 Å². The second-order valence-electron chi connectivity index (χ2n) is 5.98. The van der Waals surface area contributed by atoms with Crippen LogP contribution in [0.1, 0.15) is 33.6 Å². The van der Waals surface area contributed by atoms with Gasteiger partial charge in [-0.25, -0.2) is 4.79 Å². The number of carbonyl (C=O) groups excluding carboxylic acids is 1. The van der Waals surface area contributed by atoms with Crippen LogP contribution in [0.4, 0.5) is 0 Å². The lowest BCUT2D eigenvalue weighted by atomic mass is 10.0. The number of hydrogen-bond donors (Lipinski definition) is 1. The predicted octanol–water partition coefficient (Wildman–Crippen LogP) is 2.22. The number of fused-ring (bicyclic) bond motifs is 3. The van der Waals surface area contributed by atoms with Gasteiger partial charge in [0.05, 0.1) is 11.1 Å². The Morgan fingerprint density at radius 1 is 1.41 bits per heavy atom. The van der Waals surface area contributed by atoms with Gasteiger partial charge in [0.25, 0.3) is 0 Å². The number of aromatic nitrogens is 1. The van der Waals surface area contributed by atoms with Crippen LogP contribution in [-0.4, -0.2) is 40.4 Å². The van der Waals surface area contributed by atoms with E-state index in [1.54, 1.807) is 0 Å². The first-order valence-electron chi connectivity index (χ1n) is 7.53. The number of carboxylic acids is 1. The van der Waals surface area contributed by atoms with E-state index >= 15 is 0 Å². The standard InChI is InChI=1S/C17H20N2O3/c1-11-4-5-12-13-10-18(2)8-6-14(13)19(7-3-9-20)16(12)15(11)17(21)22/h4-5,9H,3,6-8,10H2,1-2H3,(H,21,22). The molecule has 1 N–H and O–H groups in total. The summed E-state index contributed by atoms with van der Waals surface area (Å²) in [6.45, 7) is 4.14. The fourth-order valence-electron chi connectivity index (χ4n) is 3.48. The number of nitrogens with zero attached hydrogens (tertiary/aromatic N) is 2. The van der Waals surface area contributed by atoms with E-state index < -0.39 is 5.97 Å². The molecular formula is C17H20N2O3. The van der Waals surface area contributed by atoms with E-state index in [0.717, 1.165) is 42.3 Å². The molecule has 1 aliphatic rings. The first kappa shape index (κ1) is 14.8. The summed E-state index contributed by atoms with van der Waals surface area (Å²) >= 11 is 0. The Hall–Kier alpha value is -2.14. The number of rotatable bonds is 4. The number of benzene rings is 1.